The minimum absolute atomic E-state index is 0. The predicted octanol–water partition coefficient (Wildman–Crippen LogP) is 4.88. The van der Waals surface area contributed by atoms with Crippen molar-refractivity contribution in [1.29, 1.82) is 0 Å². The first-order valence-corrected chi connectivity index (χ1v) is 7.03. The fraction of sp³-hybridized carbons (Fsp3) is 0.294. The van der Waals surface area contributed by atoms with Crippen molar-refractivity contribution in [1.82, 2.24) is 0 Å². The van der Waals surface area contributed by atoms with Crippen molar-refractivity contribution in [3.8, 4) is 0 Å². The standard InChI is InChI=1S/C17H19FN2.2ClH/c1-20(17-10-11-17)16-8-2-13(3-9-16)12-19-15-6-4-14(18)5-7-15;;/h2-9,17,19H,10-12H2,1H3;2*1H. The Morgan fingerprint density at radius 3 is 2.14 bits per heavy atom. The van der Waals surface area contributed by atoms with Gasteiger partial charge in [0.05, 0.1) is 0 Å². The molecule has 0 bridgehead atoms. The highest BCUT2D eigenvalue weighted by Gasteiger charge is 2.26. The van der Waals surface area contributed by atoms with Gasteiger partial charge in [-0.3, -0.25) is 0 Å². The zero-order chi connectivity index (χ0) is 13.9. The molecule has 0 unspecified atom stereocenters. The average Bonchev–Trinajstić information content (AvgIpc) is 3.31. The number of benzene rings is 2. The highest BCUT2D eigenvalue weighted by atomic mass is 35.5. The second kappa shape index (κ2) is 8.25. The van der Waals surface area contributed by atoms with Gasteiger partial charge in [-0.2, -0.15) is 0 Å². The van der Waals surface area contributed by atoms with Crippen molar-refractivity contribution < 1.29 is 4.39 Å². The normalized spacial score (nSPS) is 12.8. The molecule has 0 aromatic heterocycles. The van der Waals surface area contributed by atoms with Gasteiger partial charge in [0.2, 0.25) is 0 Å². The molecule has 2 nitrogen and oxygen atoms in total. The maximum atomic E-state index is 12.8. The quantitative estimate of drug-likeness (QED) is 0.832. The highest BCUT2D eigenvalue weighted by Crippen LogP contribution is 2.30. The summed E-state index contributed by atoms with van der Waals surface area (Å²) in [6, 6.07) is 15.8. The minimum atomic E-state index is -0.206. The van der Waals surface area contributed by atoms with E-state index in [2.05, 4.69) is 41.5 Å². The lowest BCUT2D eigenvalue weighted by molar-refractivity contribution is 0.628. The van der Waals surface area contributed by atoms with Gasteiger partial charge in [-0.05, 0) is 54.8 Å². The summed E-state index contributed by atoms with van der Waals surface area (Å²) < 4.78 is 12.8. The molecule has 22 heavy (non-hydrogen) atoms. The van der Waals surface area contributed by atoms with E-state index in [0.717, 1.165) is 18.3 Å². The van der Waals surface area contributed by atoms with Crippen LogP contribution < -0.4 is 10.2 Å². The Balaban J connectivity index is 0.00000121. The van der Waals surface area contributed by atoms with Gasteiger partial charge in [-0.1, -0.05) is 12.1 Å². The molecular weight excluding hydrogens is 322 g/mol. The molecule has 0 spiro atoms. The van der Waals surface area contributed by atoms with E-state index in [9.17, 15) is 4.39 Å². The molecule has 3 rings (SSSR count). The average molecular weight is 343 g/mol. The molecule has 2 aromatic rings. The van der Waals surface area contributed by atoms with Crippen molar-refractivity contribution in [2.24, 2.45) is 0 Å². The summed E-state index contributed by atoms with van der Waals surface area (Å²) in [5, 5.41) is 3.29. The maximum Gasteiger partial charge on any atom is 0.123 e. The van der Waals surface area contributed by atoms with Gasteiger partial charge in [0.15, 0.2) is 0 Å². The van der Waals surface area contributed by atoms with Gasteiger partial charge in [-0.25, -0.2) is 4.39 Å². The van der Waals surface area contributed by atoms with Gasteiger partial charge in [-0.15, -0.1) is 24.8 Å². The van der Waals surface area contributed by atoms with Gasteiger partial charge in [0.25, 0.3) is 0 Å². The molecule has 1 saturated carbocycles. The molecule has 0 radical (unpaired) electrons. The second-order valence-electron chi connectivity index (χ2n) is 5.37. The molecule has 1 aliphatic carbocycles. The van der Waals surface area contributed by atoms with Gasteiger partial charge in [0, 0.05) is 31.0 Å². The second-order valence-corrected chi connectivity index (χ2v) is 5.37. The van der Waals surface area contributed by atoms with E-state index in [1.165, 1.54) is 36.2 Å². The van der Waals surface area contributed by atoms with Crippen LogP contribution in [-0.2, 0) is 6.54 Å². The number of hydrogen-bond donors (Lipinski definition) is 1. The molecule has 1 fully saturated rings. The van der Waals surface area contributed by atoms with Crippen LogP contribution in [0.3, 0.4) is 0 Å². The van der Waals surface area contributed by atoms with Crippen molar-refractivity contribution in [2.75, 3.05) is 17.3 Å². The van der Waals surface area contributed by atoms with Crippen LogP contribution in [0, 0.1) is 5.82 Å². The van der Waals surface area contributed by atoms with Crippen LogP contribution in [0.2, 0.25) is 0 Å². The van der Waals surface area contributed by atoms with Crippen LogP contribution in [0.1, 0.15) is 18.4 Å². The Hall–Kier alpha value is -1.45. The number of anilines is 2. The molecule has 1 aliphatic rings. The fourth-order valence-corrected chi connectivity index (χ4v) is 2.29. The first kappa shape index (κ1) is 18.6. The van der Waals surface area contributed by atoms with Crippen molar-refractivity contribution in [3.63, 3.8) is 0 Å². The summed E-state index contributed by atoms with van der Waals surface area (Å²) in [7, 11) is 2.16. The number of hydrogen-bond acceptors (Lipinski definition) is 2. The zero-order valence-electron chi connectivity index (χ0n) is 12.5. The van der Waals surface area contributed by atoms with Crippen LogP contribution in [0.25, 0.3) is 0 Å². The van der Waals surface area contributed by atoms with Crippen LogP contribution in [0.5, 0.6) is 0 Å². The Labute approximate surface area is 143 Å². The third-order valence-corrected chi connectivity index (χ3v) is 3.78. The summed E-state index contributed by atoms with van der Waals surface area (Å²) in [5.74, 6) is -0.206. The third-order valence-electron chi connectivity index (χ3n) is 3.78. The SMILES string of the molecule is CN(c1ccc(CNc2ccc(F)cc2)cc1)C1CC1.Cl.Cl. The number of nitrogens with zero attached hydrogens (tertiary/aromatic N) is 1. The molecule has 2 aromatic carbocycles. The van der Waals surface area contributed by atoms with E-state index in [-0.39, 0.29) is 30.6 Å². The monoisotopic (exact) mass is 342 g/mol. The topological polar surface area (TPSA) is 15.3 Å². The van der Waals surface area contributed by atoms with E-state index >= 15 is 0 Å². The van der Waals surface area contributed by atoms with Crippen molar-refractivity contribution in [3.05, 3.63) is 59.9 Å². The van der Waals surface area contributed by atoms with Crippen LogP contribution in [-0.4, -0.2) is 13.1 Å². The van der Waals surface area contributed by atoms with Crippen LogP contribution in [0.4, 0.5) is 15.8 Å². The zero-order valence-corrected chi connectivity index (χ0v) is 14.1. The summed E-state index contributed by atoms with van der Waals surface area (Å²) in [6.45, 7) is 0.749. The number of nitrogens with one attached hydrogen (secondary N) is 1. The molecule has 5 heteroatoms. The van der Waals surface area contributed by atoms with Crippen LogP contribution in [0.15, 0.2) is 48.5 Å². The summed E-state index contributed by atoms with van der Waals surface area (Å²) >= 11 is 0. The molecular formula is C17H21Cl2FN2. The summed E-state index contributed by atoms with van der Waals surface area (Å²) in [5.41, 5.74) is 3.44. The Kier molecular flexibility index (Phi) is 6.98. The number of halogens is 3. The van der Waals surface area contributed by atoms with Crippen molar-refractivity contribution >= 4 is 36.2 Å². The highest BCUT2D eigenvalue weighted by molar-refractivity contribution is 5.85. The Morgan fingerprint density at radius 2 is 1.59 bits per heavy atom. The minimum Gasteiger partial charge on any atom is -0.381 e. The predicted molar refractivity (Wildman–Crippen MR) is 96.1 cm³/mol. The smallest absolute Gasteiger partial charge is 0.123 e. The molecule has 120 valence electrons. The third kappa shape index (κ3) is 4.79. The molecule has 1 N–H and O–H groups in total. The first-order chi connectivity index (χ1) is 9.72. The van der Waals surface area contributed by atoms with Gasteiger partial charge >= 0.3 is 0 Å². The molecule has 0 saturated heterocycles. The van der Waals surface area contributed by atoms with Gasteiger partial charge in [0.1, 0.15) is 5.82 Å². The van der Waals surface area contributed by atoms with Crippen LogP contribution >= 0.6 is 24.8 Å². The van der Waals surface area contributed by atoms with E-state index in [4.69, 9.17) is 0 Å². The number of rotatable bonds is 5. The molecule has 0 amide bonds. The van der Waals surface area contributed by atoms with E-state index in [1.807, 2.05) is 0 Å². The Morgan fingerprint density at radius 1 is 1.00 bits per heavy atom. The summed E-state index contributed by atoms with van der Waals surface area (Å²) in [6.07, 6.45) is 2.62. The lowest BCUT2D eigenvalue weighted by Gasteiger charge is -2.18. The van der Waals surface area contributed by atoms with Gasteiger partial charge < -0.3 is 10.2 Å². The lowest BCUT2D eigenvalue weighted by atomic mass is 10.2. The Bertz CT molecular complexity index is 568. The molecule has 0 heterocycles. The molecule has 0 atom stereocenters. The lowest BCUT2D eigenvalue weighted by Crippen LogP contribution is -2.19. The van der Waals surface area contributed by atoms with E-state index in [0.29, 0.717) is 0 Å². The largest absolute Gasteiger partial charge is 0.381 e. The summed E-state index contributed by atoms with van der Waals surface area (Å²) in [4.78, 5) is 2.34. The first-order valence-electron chi connectivity index (χ1n) is 7.03. The molecule has 0 aliphatic heterocycles. The fourth-order valence-electron chi connectivity index (χ4n) is 2.29. The van der Waals surface area contributed by atoms with E-state index in [1.54, 1.807) is 12.1 Å². The van der Waals surface area contributed by atoms with Crippen molar-refractivity contribution in [2.45, 2.75) is 25.4 Å². The maximum absolute atomic E-state index is 12.8. The van der Waals surface area contributed by atoms with E-state index < -0.39 is 0 Å².